The standard InChI is InChI=1S/C21H22N2O2S/c1-2-16-7-9-18(10-8-16)26(24,25)23-13-11-17(12-14-23)20-15-22-21-6-4-3-5-19(20)21/h3-11,15,22H,2,12-14H2,1H3. The first-order valence-corrected chi connectivity index (χ1v) is 10.4. The average Bonchev–Trinajstić information content (AvgIpc) is 3.12. The Kier molecular flexibility index (Phi) is 4.42. The number of para-hydroxylation sites is 1. The number of rotatable bonds is 4. The van der Waals surface area contributed by atoms with E-state index >= 15 is 0 Å². The lowest BCUT2D eigenvalue weighted by molar-refractivity contribution is 0.441. The summed E-state index contributed by atoms with van der Waals surface area (Å²) in [6, 6.07) is 15.4. The predicted octanol–water partition coefficient (Wildman–Crippen LogP) is 4.21. The van der Waals surface area contributed by atoms with Gasteiger partial charge in [0.15, 0.2) is 0 Å². The van der Waals surface area contributed by atoms with Crippen molar-refractivity contribution in [2.24, 2.45) is 0 Å². The number of aryl methyl sites for hydroxylation is 1. The Balaban J connectivity index is 1.58. The van der Waals surface area contributed by atoms with Gasteiger partial charge in [-0.3, -0.25) is 0 Å². The van der Waals surface area contributed by atoms with E-state index in [1.54, 1.807) is 16.4 Å². The summed E-state index contributed by atoms with van der Waals surface area (Å²) >= 11 is 0. The highest BCUT2D eigenvalue weighted by Gasteiger charge is 2.26. The molecule has 5 heteroatoms. The zero-order valence-corrected chi connectivity index (χ0v) is 15.6. The second-order valence-electron chi connectivity index (χ2n) is 6.59. The fourth-order valence-corrected chi connectivity index (χ4v) is 4.88. The average molecular weight is 366 g/mol. The number of hydrogen-bond acceptors (Lipinski definition) is 2. The van der Waals surface area contributed by atoms with Crippen molar-refractivity contribution in [1.29, 1.82) is 0 Å². The van der Waals surface area contributed by atoms with Crippen LogP contribution in [-0.2, 0) is 16.4 Å². The fourth-order valence-electron chi connectivity index (χ4n) is 3.50. The summed E-state index contributed by atoms with van der Waals surface area (Å²) in [5.41, 5.74) is 4.62. The summed E-state index contributed by atoms with van der Waals surface area (Å²) in [4.78, 5) is 3.66. The second-order valence-corrected chi connectivity index (χ2v) is 8.53. The van der Waals surface area contributed by atoms with Gasteiger partial charge in [0.05, 0.1) is 4.90 Å². The van der Waals surface area contributed by atoms with Crippen molar-refractivity contribution < 1.29 is 8.42 Å². The van der Waals surface area contributed by atoms with E-state index in [0.717, 1.165) is 17.5 Å². The van der Waals surface area contributed by atoms with Gasteiger partial charge in [-0.25, -0.2) is 8.42 Å². The molecule has 1 aliphatic heterocycles. The van der Waals surface area contributed by atoms with Crippen LogP contribution < -0.4 is 0 Å². The summed E-state index contributed by atoms with van der Waals surface area (Å²) in [7, 11) is -3.44. The third-order valence-electron chi connectivity index (χ3n) is 5.08. The van der Waals surface area contributed by atoms with Gasteiger partial charge in [0.1, 0.15) is 0 Å². The molecule has 0 radical (unpaired) electrons. The van der Waals surface area contributed by atoms with Crippen LogP contribution in [0.3, 0.4) is 0 Å². The van der Waals surface area contributed by atoms with Crippen molar-refractivity contribution in [3.8, 4) is 0 Å². The predicted molar refractivity (Wildman–Crippen MR) is 105 cm³/mol. The van der Waals surface area contributed by atoms with E-state index < -0.39 is 10.0 Å². The van der Waals surface area contributed by atoms with Crippen LogP contribution in [0.25, 0.3) is 16.5 Å². The largest absolute Gasteiger partial charge is 0.361 e. The molecule has 0 saturated carbocycles. The van der Waals surface area contributed by atoms with Crippen LogP contribution in [0.4, 0.5) is 0 Å². The zero-order valence-electron chi connectivity index (χ0n) is 14.8. The summed E-state index contributed by atoms with van der Waals surface area (Å²) in [6.07, 6.45) is 5.68. The summed E-state index contributed by atoms with van der Waals surface area (Å²) in [5, 5.41) is 1.19. The molecule has 0 atom stereocenters. The van der Waals surface area contributed by atoms with Crippen LogP contribution in [0.15, 0.2) is 65.7 Å². The van der Waals surface area contributed by atoms with Gasteiger partial charge in [0.2, 0.25) is 10.0 Å². The van der Waals surface area contributed by atoms with E-state index in [1.807, 2.05) is 36.5 Å². The molecule has 26 heavy (non-hydrogen) atoms. The van der Waals surface area contributed by atoms with Crippen LogP contribution in [0, 0.1) is 0 Å². The Morgan fingerprint density at radius 1 is 1.08 bits per heavy atom. The Hall–Kier alpha value is -2.37. The molecule has 0 saturated heterocycles. The maximum Gasteiger partial charge on any atom is 0.243 e. The zero-order chi connectivity index (χ0) is 18.1. The SMILES string of the molecule is CCc1ccc(S(=O)(=O)N2CC=C(c3c[nH]c4ccccc34)CC2)cc1. The summed E-state index contributed by atoms with van der Waals surface area (Å²) in [5.74, 6) is 0. The van der Waals surface area contributed by atoms with Crippen LogP contribution in [0.5, 0.6) is 0 Å². The molecule has 0 bridgehead atoms. The monoisotopic (exact) mass is 366 g/mol. The molecular formula is C21H22N2O2S. The smallest absolute Gasteiger partial charge is 0.243 e. The maximum atomic E-state index is 12.9. The van der Waals surface area contributed by atoms with E-state index in [9.17, 15) is 8.42 Å². The number of nitrogens with zero attached hydrogens (tertiary/aromatic N) is 1. The molecule has 0 aliphatic carbocycles. The number of benzene rings is 2. The normalized spacial score (nSPS) is 16.0. The van der Waals surface area contributed by atoms with E-state index in [4.69, 9.17) is 0 Å². The number of H-pyrrole nitrogens is 1. The van der Waals surface area contributed by atoms with Gasteiger partial charge >= 0.3 is 0 Å². The van der Waals surface area contributed by atoms with Crippen molar-refractivity contribution in [2.75, 3.05) is 13.1 Å². The van der Waals surface area contributed by atoms with Gasteiger partial charge in [0.25, 0.3) is 0 Å². The number of fused-ring (bicyclic) bond motifs is 1. The van der Waals surface area contributed by atoms with Crippen LogP contribution in [0.1, 0.15) is 24.5 Å². The molecule has 1 N–H and O–H groups in total. The first-order chi connectivity index (χ1) is 12.6. The van der Waals surface area contributed by atoms with Crippen LogP contribution in [0.2, 0.25) is 0 Å². The summed E-state index contributed by atoms with van der Waals surface area (Å²) < 4.78 is 27.3. The van der Waals surface area contributed by atoms with Gasteiger partial charge in [-0.2, -0.15) is 4.31 Å². The second kappa shape index (κ2) is 6.74. The number of sulfonamides is 1. The molecule has 2 aromatic carbocycles. The topological polar surface area (TPSA) is 53.2 Å². The van der Waals surface area contributed by atoms with Crippen molar-refractivity contribution >= 4 is 26.5 Å². The van der Waals surface area contributed by atoms with Crippen molar-refractivity contribution in [2.45, 2.75) is 24.7 Å². The Morgan fingerprint density at radius 2 is 1.85 bits per heavy atom. The van der Waals surface area contributed by atoms with Gasteiger partial charge in [-0.05, 0) is 42.2 Å². The quantitative estimate of drug-likeness (QED) is 0.752. The minimum atomic E-state index is -3.44. The first-order valence-electron chi connectivity index (χ1n) is 8.94. The third kappa shape index (κ3) is 2.97. The molecule has 0 amide bonds. The molecule has 1 aromatic heterocycles. The van der Waals surface area contributed by atoms with Crippen LogP contribution in [-0.4, -0.2) is 30.8 Å². The van der Waals surface area contributed by atoms with Crippen molar-refractivity contribution in [1.82, 2.24) is 9.29 Å². The van der Waals surface area contributed by atoms with Crippen LogP contribution >= 0.6 is 0 Å². The van der Waals surface area contributed by atoms with Crippen molar-refractivity contribution in [3.05, 3.63) is 71.9 Å². The number of nitrogens with one attached hydrogen (secondary N) is 1. The molecular weight excluding hydrogens is 344 g/mol. The third-order valence-corrected chi connectivity index (χ3v) is 6.96. The van der Waals surface area contributed by atoms with Gasteiger partial charge in [-0.15, -0.1) is 0 Å². The van der Waals surface area contributed by atoms with Gasteiger partial charge in [-0.1, -0.05) is 43.3 Å². The van der Waals surface area contributed by atoms with E-state index in [1.165, 1.54) is 16.5 Å². The molecule has 2 heterocycles. The molecule has 4 rings (SSSR count). The Morgan fingerprint density at radius 3 is 2.54 bits per heavy atom. The number of aromatic nitrogens is 1. The minimum absolute atomic E-state index is 0.374. The Labute approximate surface area is 154 Å². The van der Waals surface area contributed by atoms with Gasteiger partial charge < -0.3 is 4.98 Å². The maximum absolute atomic E-state index is 12.9. The summed E-state index contributed by atoms with van der Waals surface area (Å²) in [6.45, 7) is 2.97. The van der Waals surface area contributed by atoms with E-state index in [-0.39, 0.29) is 0 Å². The van der Waals surface area contributed by atoms with E-state index in [0.29, 0.717) is 24.4 Å². The molecule has 134 valence electrons. The van der Waals surface area contributed by atoms with Gasteiger partial charge in [0, 0.05) is 35.8 Å². The molecule has 0 fully saturated rings. The lowest BCUT2D eigenvalue weighted by Gasteiger charge is -2.26. The first kappa shape index (κ1) is 17.1. The van der Waals surface area contributed by atoms with E-state index in [2.05, 4.69) is 24.0 Å². The molecule has 4 nitrogen and oxygen atoms in total. The number of hydrogen-bond donors (Lipinski definition) is 1. The molecule has 0 unspecified atom stereocenters. The lowest BCUT2D eigenvalue weighted by Crippen LogP contribution is -2.34. The highest BCUT2D eigenvalue weighted by Crippen LogP contribution is 2.30. The Bertz CT molecular complexity index is 1060. The lowest BCUT2D eigenvalue weighted by atomic mass is 10.00. The molecule has 0 spiro atoms. The molecule has 1 aliphatic rings. The highest BCUT2D eigenvalue weighted by molar-refractivity contribution is 7.89. The number of aromatic amines is 1. The highest BCUT2D eigenvalue weighted by atomic mass is 32.2. The molecule has 3 aromatic rings. The minimum Gasteiger partial charge on any atom is -0.361 e. The fraction of sp³-hybridized carbons (Fsp3) is 0.238. The van der Waals surface area contributed by atoms with Crippen molar-refractivity contribution in [3.63, 3.8) is 0 Å².